The van der Waals surface area contributed by atoms with Gasteiger partial charge in [0.15, 0.2) is 0 Å². The number of aliphatic hydroxyl groups excluding tert-OH is 4. The second-order valence-electron chi connectivity index (χ2n) is 6.59. The van der Waals surface area contributed by atoms with Gasteiger partial charge in [-0.25, -0.2) is 0 Å². The first-order valence-electron chi connectivity index (χ1n) is 8.74. The van der Waals surface area contributed by atoms with Crippen LogP contribution in [0.15, 0.2) is 42.5 Å². The first-order valence-corrected chi connectivity index (χ1v) is 9.12. The standard InChI is InChI=1S/C21H21ClO6/c1-2-12-3-5-13(6-4-12)9-14-10-15(7-8-16(14)22)27-21-20(26)19(25)18(24)17(11-23)28-21/h1,3-8,10,17-21,23-26H,9,11H2/t17-,18-,19+,20-,21?/m1/s1. The number of terminal acetylenes is 1. The summed E-state index contributed by atoms with van der Waals surface area (Å²) in [6, 6.07) is 12.5. The number of hydrogen-bond acceptors (Lipinski definition) is 6. The van der Waals surface area contributed by atoms with E-state index < -0.39 is 37.3 Å². The molecule has 0 saturated carbocycles. The molecule has 28 heavy (non-hydrogen) atoms. The molecule has 3 rings (SSSR count). The highest BCUT2D eigenvalue weighted by atomic mass is 35.5. The molecule has 2 aromatic carbocycles. The zero-order chi connectivity index (χ0) is 20.3. The van der Waals surface area contributed by atoms with Gasteiger partial charge >= 0.3 is 0 Å². The molecule has 0 spiro atoms. The van der Waals surface area contributed by atoms with Crippen LogP contribution < -0.4 is 4.74 Å². The second-order valence-corrected chi connectivity index (χ2v) is 6.99. The molecule has 6 nitrogen and oxygen atoms in total. The van der Waals surface area contributed by atoms with E-state index in [-0.39, 0.29) is 0 Å². The van der Waals surface area contributed by atoms with Gasteiger partial charge < -0.3 is 29.9 Å². The van der Waals surface area contributed by atoms with E-state index in [0.717, 1.165) is 16.7 Å². The van der Waals surface area contributed by atoms with Crippen LogP contribution in [0, 0.1) is 12.3 Å². The van der Waals surface area contributed by atoms with Crippen molar-refractivity contribution in [2.24, 2.45) is 0 Å². The number of rotatable bonds is 5. The molecular formula is C21H21ClO6. The van der Waals surface area contributed by atoms with Crippen molar-refractivity contribution in [2.75, 3.05) is 6.61 Å². The summed E-state index contributed by atoms with van der Waals surface area (Å²) >= 11 is 6.29. The monoisotopic (exact) mass is 404 g/mol. The average molecular weight is 405 g/mol. The molecule has 2 aromatic rings. The maximum absolute atomic E-state index is 10.1. The van der Waals surface area contributed by atoms with Gasteiger partial charge in [0.05, 0.1) is 6.61 Å². The Morgan fingerprint density at radius 1 is 1.04 bits per heavy atom. The fourth-order valence-electron chi connectivity index (χ4n) is 3.00. The summed E-state index contributed by atoms with van der Waals surface area (Å²) in [5.74, 6) is 2.93. The van der Waals surface area contributed by atoms with Crippen LogP contribution >= 0.6 is 11.6 Å². The summed E-state index contributed by atoms with van der Waals surface area (Å²) in [6.07, 6.45) is -0.804. The van der Waals surface area contributed by atoms with Crippen molar-refractivity contribution < 1.29 is 29.9 Å². The third kappa shape index (κ3) is 4.47. The van der Waals surface area contributed by atoms with E-state index in [1.165, 1.54) is 0 Å². The van der Waals surface area contributed by atoms with Gasteiger partial charge in [-0.3, -0.25) is 0 Å². The van der Waals surface area contributed by atoms with E-state index in [0.29, 0.717) is 17.2 Å². The van der Waals surface area contributed by atoms with Gasteiger partial charge in [-0.1, -0.05) is 29.7 Å². The fourth-order valence-corrected chi connectivity index (χ4v) is 3.18. The molecule has 4 N–H and O–H groups in total. The lowest BCUT2D eigenvalue weighted by molar-refractivity contribution is -0.277. The molecule has 0 amide bonds. The van der Waals surface area contributed by atoms with Gasteiger partial charge in [0.25, 0.3) is 0 Å². The Hall–Kier alpha value is -2.11. The third-order valence-electron chi connectivity index (χ3n) is 4.63. The van der Waals surface area contributed by atoms with Gasteiger partial charge in [-0.05, 0) is 47.9 Å². The number of benzene rings is 2. The molecule has 7 heteroatoms. The number of hydrogen-bond donors (Lipinski definition) is 4. The first kappa shape index (κ1) is 20.6. The van der Waals surface area contributed by atoms with Crippen LogP contribution in [0.3, 0.4) is 0 Å². The summed E-state index contributed by atoms with van der Waals surface area (Å²) in [6.45, 7) is -0.523. The van der Waals surface area contributed by atoms with Crippen LogP contribution in [0.5, 0.6) is 5.75 Å². The second kappa shape index (κ2) is 8.93. The van der Waals surface area contributed by atoms with Crippen molar-refractivity contribution in [3.05, 3.63) is 64.2 Å². The molecule has 1 heterocycles. The Bertz CT molecular complexity index is 845. The van der Waals surface area contributed by atoms with E-state index in [2.05, 4.69) is 5.92 Å². The van der Waals surface area contributed by atoms with E-state index in [1.807, 2.05) is 24.3 Å². The minimum absolute atomic E-state index is 0.365. The maximum Gasteiger partial charge on any atom is 0.229 e. The Morgan fingerprint density at radius 3 is 2.39 bits per heavy atom. The molecule has 0 aliphatic carbocycles. The van der Waals surface area contributed by atoms with Crippen LogP contribution in [-0.4, -0.2) is 57.7 Å². The topological polar surface area (TPSA) is 99.4 Å². The van der Waals surface area contributed by atoms with Crippen molar-refractivity contribution in [2.45, 2.75) is 37.1 Å². The van der Waals surface area contributed by atoms with Crippen LogP contribution in [0.25, 0.3) is 0 Å². The molecule has 1 fully saturated rings. The van der Waals surface area contributed by atoms with Crippen LogP contribution in [0.2, 0.25) is 5.02 Å². The largest absolute Gasteiger partial charge is 0.462 e. The molecule has 1 aliphatic rings. The lowest BCUT2D eigenvalue weighted by Gasteiger charge is -2.39. The molecule has 0 radical (unpaired) electrons. The summed E-state index contributed by atoms with van der Waals surface area (Å²) in [5.41, 5.74) is 2.58. The molecule has 1 aliphatic heterocycles. The van der Waals surface area contributed by atoms with Crippen LogP contribution in [0.1, 0.15) is 16.7 Å². The molecule has 1 unspecified atom stereocenters. The van der Waals surface area contributed by atoms with Crippen molar-refractivity contribution in [3.63, 3.8) is 0 Å². The summed E-state index contributed by atoms with van der Waals surface area (Å²) < 4.78 is 11.0. The predicted molar refractivity (Wildman–Crippen MR) is 103 cm³/mol. The highest BCUT2D eigenvalue weighted by molar-refractivity contribution is 6.31. The van der Waals surface area contributed by atoms with Gasteiger partial charge in [0.1, 0.15) is 30.2 Å². The summed E-state index contributed by atoms with van der Waals surface area (Å²) in [4.78, 5) is 0. The van der Waals surface area contributed by atoms with Crippen LogP contribution in [-0.2, 0) is 11.2 Å². The third-order valence-corrected chi connectivity index (χ3v) is 5.00. The molecular weight excluding hydrogens is 384 g/mol. The minimum Gasteiger partial charge on any atom is -0.462 e. The Labute approximate surface area is 167 Å². The quantitative estimate of drug-likeness (QED) is 0.557. The van der Waals surface area contributed by atoms with E-state index in [1.54, 1.807) is 18.2 Å². The van der Waals surface area contributed by atoms with E-state index >= 15 is 0 Å². The predicted octanol–water partition coefficient (Wildman–Crippen LogP) is 1.09. The Kier molecular flexibility index (Phi) is 6.57. The summed E-state index contributed by atoms with van der Waals surface area (Å²) in [7, 11) is 0. The maximum atomic E-state index is 10.1. The first-order chi connectivity index (χ1) is 13.4. The van der Waals surface area contributed by atoms with Crippen molar-refractivity contribution in [3.8, 4) is 18.1 Å². The van der Waals surface area contributed by atoms with Crippen molar-refractivity contribution >= 4 is 11.6 Å². The number of aliphatic hydroxyl groups is 4. The zero-order valence-electron chi connectivity index (χ0n) is 14.9. The summed E-state index contributed by atoms with van der Waals surface area (Å²) in [5, 5.41) is 39.6. The highest BCUT2D eigenvalue weighted by Gasteiger charge is 2.44. The molecule has 1 saturated heterocycles. The highest BCUT2D eigenvalue weighted by Crippen LogP contribution is 2.28. The van der Waals surface area contributed by atoms with Crippen molar-refractivity contribution in [1.29, 1.82) is 0 Å². The Balaban J connectivity index is 1.76. The van der Waals surface area contributed by atoms with Crippen LogP contribution in [0.4, 0.5) is 0 Å². The van der Waals surface area contributed by atoms with Crippen molar-refractivity contribution in [1.82, 2.24) is 0 Å². The average Bonchev–Trinajstić information content (AvgIpc) is 2.71. The molecule has 5 atom stereocenters. The van der Waals surface area contributed by atoms with Gasteiger partial charge in [-0.2, -0.15) is 0 Å². The van der Waals surface area contributed by atoms with E-state index in [4.69, 9.17) is 27.5 Å². The number of halogens is 1. The minimum atomic E-state index is -1.50. The van der Waals surface area contributed by atoms with Gasteiger partial charge in [-0.15, -0.1) is 6.42 Å². The van der Waals surface area contributed by atoms with Gasteiger partial charge in [0.2, 0.25) is 6.29 Å². The SMILES string of the molecule is C#Cc1ccc(Cc2cc(OC3O[C@H](CO)[C@@H](O)[C@H](O)[C@H]3O)ccc2Cl)cc1. The molecule has 148 valence electrons. The normalized spacial score (nSPS) is 27.2. The van der Waals surface area contributed by atoms with E-state index in [9.17, 15) is 20.4 Å². The zero-order valence-corrected chi connectivity index (χ0v) is 15.7. The Morgan fingerprint density at radius 2 is 1.75 bits per heavy atom. The number of ether oxygens (including phenoxy) is 2. The molecule has 0 aromatic heterocycles. The lowest BCUT2D eigenvalue weighted by atomic mass is 9.99. The van der Waals surface area contributed by atoms with Gasteiger partial charge in [0, 0.05) is 10.6 Å². The smallest absolute Gasteiger partial charge is 0.229 e. The fraction of sp³-hybridized carbons (Fsp3) is 0.333. The lowest BCUT2D eigenvalue weighted by Crippen LogP contribution is -2.60. The molecule has 0 bridgehead atoms.